The number of carbonyl (C=O) groups excluding carboxylic acids is 1. The van der Waals surface area contributed by atoms with E-state index in [-0.39, 0.29) is 11.6 Å². The first-order valence-corrected chi connectivity index (χ1v) is 6.49. The van der Waals surface area contributed by atoms with E-state index in [1.807, 2.05) is 24.3 Å². The molecule has 1 amide bonds. The third-order valence-corrected chi connectivity index (χ3v) is 3.24. The van der Waals surface area contributed by atoms with Crippen molar-refractivity contribution in [2.24, 2.45) is 7.05 Å². The van der Waals surface area contributed by atoms with Crippen molar-refractivity contribution in [2.45, 2.75) is 6.42 Å². The smallest absolute Gasteiger partial charge is 0.281 e. The third kappa shape index (κ3) is 2.09. The number of ether oxygens (including phenoxy) is 1. The molecule has 0 unspecified atom stereocenters. The molecule has 0 fully saturated rings. The number of fused-ring (bicyclic) bond motifs is 1. The molecule has 0 saturated carbocycles. The minimum Gasteiger partial charge on any atom is -0.491 e. The highest BCUT2D eigenvalue weighted by Gasteiger charge is 2.26. The van der Waals surface area contributed by atoms with Gasteiger partial charge in [0.05, 0.1) is 18.0 Å². The SMILES string of the molecule is Cn1cc(N)c(C(=O)N2CCCOc3ccccc32)n1. The summed E-state index contributed by atoms with van der Waals surface area (Å²) in [5, 5.41) is 4.15. The number of aryl methyl sites for hydroxylation is 1. The Hall–Kier alpha value is -2.50. The standard InChI is InChI=1S/C14H16N4O2/c1-17-9-10(15)13(16-17)14(19)18-7-4-8-20-12-6-3-2-5-11(12)18/h2-3,5-6,9H,4,7-8,15H2,1H3. The molecular weight excluding hydrogens is 256 g/mol. The average molecular weight is 272 g/mol. The van der Waals surface area contributed by atoms with Crippen molar-refractivity contribution in [1.82, 2.24) is 9.78 Å². The molecule has 0 aliphatic carbocycles. The van der Waals surface area contributed by atoms with Gasteiger partial charge in [-0.3, -0.25) is 9.48 Å². The number of nitrogens with two attached hydrogens (primary N) is 1. The van der Waals surface area contributed by atoms with Gasteiger partial charge in [-0.05, 0) is 18.6 Å². The Morgan fingerprint density at radius 1 is 1.40 bits per heavy atom. The molecule has 1 aromatic heterocycles. The zero-order chi connectivity index (χ0) is 14.1. The summed E-state index contributed by atoms with van der Waals surface area (Å²) in [6, 6.07) is 7.51. The molecule has 3 rings (SSSR count). The number of aromatic nitrogens is 2. The largest absolute Gasteiger partial charge is 0.491 e. The maximum Gasteiger partial charge on any atom is 0.281 e. The fourth-order valence-electron chi connectivity index (χ4n) is 2.34. The number of anilines is 2. The highest BCUT2D eigenvalue weighted by molar-refractivity contribution is 6.08. The molecule has 1 aliphatic rings. The van der Waals surface area contributed by atoms with Gasteiger partial charge in [0.15, 0.2) is 5.69 Å². The van der Waals surface area contributed by atoms with Crippen molar-refractivity contribution >= 4 is 17.3 Å². The fourth-order valence-corrected chi connectivity index (χ4v) is 2.34. The number of amides is 1. The first-order valence-electron chi connectivity index (χ1n) is 6.49. The van der Waals surface area contributed by atoms with E-state index in [0.29, 0.717) is 24.6 Å². The number of rotatable bonds is 1. The summed E-state index contributed by atoms with van der Waals surface area (Å²) in [6.07, 6.45) is 2.40. The van der Waals surface area contributed by atoms with Crippen molar-refractivity contribution in [1.29, 1.82) is 0 Å². The summed E-state index contributed by atoms with van der Waals surface area (Å²) >= 11 is 0. The second kappa shape index (κ2) is 4.88. The molecule has 2 aromatic rings. The fraction of sp³-hybridized carbons (Fsp3) is 0.286. The lowest BCUT2D eigenvalue weighted by Crippen LogP contribution is -2.32. The molecule has 6 heteroatoms. The van der Waals surface area contributed by atoms with E-state index in [1.165, 1.54) is 0 Å². The number of para-hydroxylation sites is 2. The molecule has 6 nitrogen and oxygen atoms in total. The lowest BCUT2D eigenvalue weighted by molar-refractivity contribution is 0.0982. The minimum atomic E-state index is -0.193. The average Bonchev–Trinajstić information content (AvgIpc) is 2.66. The van der Waals surface area contributed by atoms with Crippen molar-refractivity contribution in [3.63, 3.8) is 0 Å². The van der Waals surface area contributed by atoms with E-state index in [0.717, 1.165) is 12.1 Å². The highest BCUT2D eigenvalue weighted by atomic mass is 16.5. The van der Waals surface area contributed by atoms with E-state index in [1.54, 1.807) is 22.8 Å². The molecular formula is C14H16N4O2. The van der Waals surface area contributed by atoms with Crippen LogP contribution < -0.4 is 15.4 Å². The zero-order valence-electron chi connectivity index (χ0n) is 11.2. The predicted octanol–water partition coefficient (Wildman–Crippen LogP) is 1.43. The Morgan fingerprint density at radius 3 is 2.95 bits per heavy atom. The van der Waals surface area contributed by atoms with Gasteiger partial charge in [0, 0.05) is 19.8 Å². The summed E-state index contributed by atoms with van der Waals surface area (Å²) in [5.41, 5.74) is 7.28. The van der Waals surface area contributed by atoms with E-state index >= 15 is 0 Å². The lowest BCUT2D eigenvalue weighted by Gasteiger charge is -2.20. The minimum absolute atomic E-state index is 0.193. The Bertz CT molecular complexity index is 650. The van der Waals surface area contributed by atoms with Gasteiger partial charge >= 0.3 is 0 Å². The van der Waals surface area contributed by atoms with E-state index in [2.05, 4.69) is 5.10 Å². The second-order valence-electron chi connectivity index (χ2n) is 4.73. The van der Waals surface area contributed by atoms with Crippen LogP contribution in [0, 0.1) is 0 Å². The number of hydrogen-bond donors (Lipinski definition) is 1. The van der Waals surface area contributed by atoms with Crippen molar-refractivity contribution < 1.29 is 9.53 Å². The normalized spacial score (nSPS) is 14.3. The number of carbonyl (C=O) groups is 1. The van der Waals surface area contributed by atoms with Crippen LogP contribution in [-0.2, 0) is 7.05 Å². The molecule has 1 aromatic carbocycles. The zero-order valence-corrected chi connectivity index (χ0v) is 11.2. The molecule has 0 saturated heterocycles. The number of hydrogen-bond acceptors (Lipinski definition) is 4. The number of nitrogen functional groups attached to an aromatic ring is 1. The molecule has 0 atom stereocenters. The molecule has 1 aliphatic heterocycles. The van der Waals surface area contributed by atoms with Crippen LogP contribution in [0.2, 0.25) is 0 Å². The van der Waals surface area contributed by atoms with Gasteiger partial charge in [0.1, 0.15) is 5.75 Å². The Morgan fingerprint density at radius 2 is 2.20 bits per heavy atom. The topological polar surface area (TPSA) is 73.4 Å². The summed E-state index contributed by atoms with van der Waals surface area (Å²) < 4.78 is 7.19. The maximum atomic E-state index is 12.7. The van der Waals surface area contributed by atoms with Gasteiger partial charge in [0.25, 0.3) is 5.91 Å². The molecule has 0 bridgehead atoms. The second-order valence-corrected chi connectivity index (χ2v) is 4.73. The number of benzene rings is 1. The van der Waals surface area contributed by atoms with E-state index in [4.69, 9.17) is 10.5 Å². The molecule has 0 radical (unpaired) electrons. The lowest BCUT2D eigenvalue weighted by atomic mass is 10.2. The van der Waals surface area contributed by atoms with Crippen molar-refractivity contribution in [2.75, 3.05) is 23.8 Å². The Kier molecular flexibility index (Phi) is 3.06. The van der Waals surface area contributed by atoms with E-state index < -0.39 is 0 Å². The summed E-state index contributed by atoms with van der Waals surface area (Å²) in [5.74, 6) is 0.522. The van der Waals surface area contributed by atoms with Crippen LogP contribution in [0.5, 0.6) is 5.75 Å². The molecule has 2 N–H and O–H groups in total. The van der Waals surface area contributed by atoms with Gasteiger partial charge < -0.3 is 15.4 Å². The van der Waals surface area contributed by atoms with Crippen LogP contribution in [0.15, 0.2) is 30.5 Å². The predicted molar refractivity (Wildman–Crippen MR) is 75.9 cm³/mol. The van der Waals surface area contributed by atoms with Crippen molar-refractivity contribution in [3.05, 3.63) is 36.2 Å². The third-order valence-electron chi connectivity index (χ3n) is 3.24. The first kappa shape index (κ1) is 12.5. The maximum absolute atomic E-state index is 12.7. The first-order chi connectivity index (χ1) is 9.66. The van der Waals surface area contributed by atoms with Crippen LogP contribution >= 0.6 is 0 Å². The van der Waals surface area contributed by atoms with E-state index in [9.17, 15) is 4.79 Å². The molecule has 104 valence electrons. The molecule has 2 heterocycles. The van der Waals surface area contributed by atoms with Gasteiger partial charge in [-0.25, -0.2) is 0 Å². The van der Waals surface area contributed by atoms with Crippen molar-refractivity contribution in [3.8, 4) is 5.75 Å². The molecule has 0 spiro atoms. The van der Waals surface area contributed by atoms with Gasteiger partial charge in [-0.1, -0.05) is 12.1 Å². The monoisotopic (exact) mass is 272 g/mol. The quantitative estimate of drug-likeness (QED) is 0.852. The van der Waals surface area contributed by atoms with Crippen LogP contribution in [-0.4, -0.2) is 28.8 Å². The van der Waals surface area contributed by atoms with Gasteiger partial charge in [-0.2, -0.15) is 5.10 Å². The van der Waals surface area contributed by atoms with Crippen LogP contribution in [0.4, 0.5) is 11.4 Å². The highest BCUT2D eigenvalue weighted by Crippen LogP contribution is 2.31. The number of nitrogens with zero attached hydrogens (tertiary/aromatic N) is 3. The van der Waals surface area contributed by atoms with Crippen LogP contribution in [0.3, 0.4) is 0 Å². The Labute approximate surface area is 116 Å². The van der Waals surface area contributed by atoms with Gasteiger partial charge in [-0.15, -0.1) is 0 Å². The van der Waals surface area contributed by atoms with Crippen LogP contribution in [0.1, 0.15) is 16.9 Å². The van der Waals surface area contributed by atoms with Gasteiger partial charge in [0.2, 0.25) is 0 Å². The summed E-state index contributed by atoms with van der Waals surface area (Å²) in [6.45, 7) is 1.18. The Balaban J connectivity index is 2.01. The summed E-state index contributed by atoms with van der Waals surface area (Å²) in [4.78, 5) is 14.3. The molecule has 20 heavy (non-hydrogen) atoms. The summed E-state index contributed by atoms with van der Waals surface area (Å²) in [7, 11) is 1.74. The van der Waals surface area contributed by atoms with Crippen LogP contribution in [0.25, 0.3) is 0 Å².